The Balaban J connectivity index is 2.38. The van der Waals surface area contributed by atoms with Gasteiger partial charge in [-0.05, 0) is 0 Å². The molecule has 1 N–H and O–H groups in total. The molecule has 0 saturated heterocycles. The highest BCUT2D eigenvalue weighted by Crippen LogP contribution is 2.20. The number of rotatable bonds is 0. The Hall–Kier alpha value is -1.91. The van der Waals surface area contributed by atoms with Crippen molar-refractivity contribution in [3.63, 3.8) is 0 Å². The molecule has 70 valence electrons. The van der Waals surface area contributed by atoms with Gasteiger partial charge in [-0.1, -0.05) is 0 Å². The molecule has 3 rings (SSSR count). The van der Waals surface area contributed by atoms with Crippen molar-refractivity contribution < 1.29 is 4.79 Å². The second-order valence-electron chi connectivity index (χ2n) is 3.22. The number of hydrogen-bond donors (Lipinski definition) is 1. The van der Waals surface area contributed by atoms with E-state index in [0.717, 1.165) is 11.5 Å². The molecule has 14 heavy (non-hydrogen) atoms. The lowest BCUT2D eigenvalue weighted by atomic mass is 10.1. The number of carbonyl (C=O) groups excluding carboxylic acids is 1. The maximum Gasteiger partial charge on any atom is 0.169 e. The summed E-state index contributed by atoms with van der Waals surface area (Å²) in [5.41, 5.74) is 1.39. The summed E-state index contributed by atoms with van der Waals surface area (Å²) in [7, 11) is 0. The van der Waals surface area contributed by atoms with Gasteiger partial charge in [0.2, 0.25) is 0 Å². The van der Waals surface area contributed by atoms with Gasteiger partial charge in [0.1, 0.15) is 5.82 Å². The number of ketones is 1. The van der Waals surface area contributed by atoms with Crippen LogP contribution < -0.4 is 5.32 Å². The Labute approximate surface area is 79.8 Å². The molecular formula is C9H8N4O. The zero-order valence-corrected chi connectivity index (χ0v) is 7.40. The molecule has 0 aliphatic carbocycles. The first-order chi connectivity index (χ1) is 6.86. The SMILES string of the molecule is O=C1CCNc2c1cnc1ccnn21. The highest BCUT2D eigenvalue weighted by molar-refractivity contribution is 6.02. The topological polar surface area (TPSA) is 59.3 Å². The monoisotopic (exact) mass is 188 g/mol. The highest BCUT2D eigenvalue weighted by Gasteiger charge is 2.19. The normalized spacial score (nSPS) is 15.3. The lowest BCUT2D eigenvalue weighted by Gasteiger charge is -2.16. The van der Waals surface area contributed by atoms with Gasteiger partial charge < -0.3 is 5.32 Å². The van der Waals surface area contributed by atoms with Crippen molar-refractivity contribution in [3.8, 4) is 0 Å². The van der Waals surface area contributed by atoms with Gasteiger partial charge in [0, 0.05) is 25.2 Å². The van der Waals surface area contributed by atoms with Gasteiger partial charge in [0.25, 0.3) is 0 Å². The van der Waals surface area contributed by atoms with Gasteiger partial charge >= 0.3 is 0 Å². The molecule has 0 amide bonds. The molecule has 3 heterocycles. The van der Waals surface area contributed by atoms with Crippen molar-refractivity contribution >= 4 is 17.2 Å². The van der Waals surface area contributed by atoms with Crippen LogP contribution in [0, 0.1) is 0 Å². The molecule has 0 radical (unpaired) electrons. The van der Waals surface area contributed by atoms with Crippen LogP contribution in [0.5, 0.6) is 0 Å². The molecule has 1 aliphatic rings. The Morgan fingerprint density at radius 3 is 3.36 bits per heavy atom. The Kier molecular flexibility index (Phi) is 1.36. The summed E-state index contributed by atoms with van der Waals surface area (Å²) in [5.74, 6) is 0.889. The predicted octanol–water partition coefficient (Wildman–Crippen LogP) is 0.728. The van der Waals surface area contributed by atoms with Crippen LogP contribution in [0.1, 0.15) is 16.8 Å². The van der Waals surface area contributed by atoms with E-state index in [4.69, 9.17) is 0 Å². The zero-order valence-electron chi connectivity index (χ0n) is 7.40. The van der Waals surface area contributed by atoms with E-state index in [1.807, 2.05) is 0 Å². The summed E-state index contributed by atoms with van der Waals surface area (Å²) in [6.07, 6.45) is 3.81. The molecule has 0 bridgehead atoms. The summed E-state index contributed by atoms with van der Waals surface area (Å²) in [6.45, 7) is 0.671. The molecule has 0 fully saturated rings. The van der Waals surface area contributed by atoms with Crippen molar-refractivity contribution in [1.82, 2.24) is 14.6 Å². The first-order valence-corrected chi connectivity index (χ1v) is 4.46. The summed E-state index contributed by atoms with van der Waals surface area (Å²) in [6, 6.07) is 1.81. The van der Waals surface area contributed by atoms with Gasteiger partial charge in [-0.15, -0.1) is 0 Å². The van der Waals surface area contributed by atoms with Crippen molar-refractivity contribution in [2.45, 2.75) is 6.42 Å². The summed E-state index contributed by atoms with van der Waals surface area (Å²) >= 11 is 0. The van der Waals surface area contributed by atoms with Crippen LogP contribution >= 0.6 is 0 Å². The molecule has 0 aromatic carbocycles. The van der Waals surface area contributed by atoms with Gasteiger partial charge in [-0.2, -0.15) is 9.61 Å². The number of aromatic nitrogens is 3. The lowest BCUT2D eigenvalue weighted by Crippen LogP contribution is -2.21. The molecule has 0 spiro atoms. The van der Waals surface area contributed by atoms with Crippen LogP contribution in [0.3, 0.4) is 0 Å². The molecule has 0 atom stereocenters. The van der Waals surface area contributed by atoms with E-state index in [2.05, 4.69) is 15.4 Å². The number of nitrogens with one attached hydrogen (secondary N) is 1. The standard InChI is InChI=1S/C9H8N4O/c14-7-1-3-10-9-6(7)5-11-8-2-4-12-13(8)9/h2,4-5,10H,1,3H2. The molecule has 2 aromatic heterocycles. The summed E-state index contributed by atoms with van der Waals surface area (Å²) in [4.78, 5) is 15.7. The minimum atomic E-state index is 0.128. The van der Waals surface area contributed by atoms with E-state index in [1.54, 1.807) is 23.0 Å². The van der Waals surface area contributed by atoms with E-state index in [1.165, 1.54) is 0 Å². The van der Waals surface area contributed by atoms with Crippen LogP contribution in [-0.2, 0) is 0 Å². The van der Waals surface area contributed by atoms with Crippen LogP contribution in [0.2, 0.25) is 0 Å². The minimum absolute atomic E-state index is 0.128. The molecular weight excluding hydrogens is 180 g/mol. The van der Waals surface area contributed by atoms with Gasteiger partial charge in [-0.25, -0.2) is 4.98 Å². The quantitative estimate of drug-likeness (QED) is 0.662. The average molecular weight is 188 g/mol. The summed E-state index contributed by atoms with van der Waals surface area (Å²) < 4.78 is 1.66. The fraction of sp³-hybridized carbons (Fsp3) is 0.222. The van der Waals surface area contributed by atoms with E-state index in [9.17, 15) is 4.79 Å². The number of nitrogens with zero attached hydrogens (tertiary/aromatic N) is 3. The first-order valence-electron chi connectivity index (χ1n) is 4.46. The third-order valence-electron chi connectivity index (χ3n) is 2.36. The fourth-order valence-corrected chi connectivity index (χ4v) is 1.68. The Morgan fingerprint density at radius 2 is 2.43 bits per heavy atom. The van der Waals surface area contributed by atoms with Crippen molar-refractivity contribution in [2.75, 3.05) is 11.9 Å². The first kappa shape index (κ1) is 7.49. The van der Waals surface area contributed by atoms with Crippen LogP contribution in [-0.4, -0.2) is 26.9 Å². The van der Waals surface area contributed by atoms with E-state index in [-0.39, 0.29) is 5.78 Å². The lowest BCUT2D eigenvalue weighted by molar-refractivity contribution is 0.0982. The highest BCUT2D eigenvalue weighted by atomic mass is 16.1. The van der Waals surface area contributed by atoms with Gasteiger partial charge in [0.15, 0.2) is 11.4 Å². The van der Waals surface area contributed by atoms with Crippen LogP contribution in [0.25, 0.3) is 5.65 Å². The van der Waals surface area contributed by atoms with Crippen molar-refractivity contribution in [1.29, 1.82) is 0 Å². The third kappa shape index (κ3) is 0.863. The number of carbonyl (C=O) groups is 1. The molecule has 1 aliphatic heterocycles. The molecule has 0 unspecified atom stereocenters. The number of fused-ring (bicyclic) bond motifs is 3. The van der Waals surface area contributed by atoms with Crippen LogP contribution in [0.4, 0.5) is 5.82 Å². The van der Waals surface area contributed by atoms with Crippen LogP contribution in [0.15, 0.2) is 18.5 Å². The second-order valence-corrected chi connectivity index (χ2v) is 3.22. The Morgan fingerprint density at radius 1 is 1.50 bits per heavy atom. The predicted molar refractivity (Wildman–Crippen MR) is 50.4 cm³/mol. The molecule has 2 aromatic rings. The maximum atomic E-state index is 11.5. The van der Waals surface area contributed by atoms with Crippen molar-refractivity contribution in [3.05, 3.63) is 24.0 Å². The minimum Gasteiger partial charge on any atom is -0.369 e. The second kappa shape index (κ2) is 2.54. The van der Waals surface area contributed by atoms with Gasteiger partial charge in [0.05, 0.1) is 11.8 Å². The number of Topliss-reactive ketones (excluding diaryl/α,β-unsaturated/α-hetero) is 1. The average Bonchev–Trinajstić information content (AvgIpc) is 2.66. The number of anilines is 1. The zero-order chi connectivity index (χ0) is 9.54. The summed E-state index contributed by atoms with van der Waals surface area (Å²) in [5, 5.41) is 7.27. The van der Waals surface area contributed by atoms with E-state index in [0.29, 0.717) is 18.5 Å². The fourth-order valence-electron chi connectivity index (χ4n) is 1.68. The van der Waals surface area contributed by atoms with Gasteiger partial charge in [-0.3, -0.25) is 4.79 Å². The largest absolute Gasteiger partial charge is 0.369 e. The maximum absolute atomic E-state index is 11.5. The van der Waals surface area contributed by atoms with E-state index < -0.39 is 0 Å². The molecule has 5 heteroatoms. The smallest absolute Gasteiger partial charge is 0.169 e. The van der Waals surface area contributed by atoms with Crippen molar-refractivity contribution in [2.24, 2.45) is 0 Å². The molecule has 5 nitrogen and oxygen atoms in total. The van der Waals surface area contributed by atoms with E-state index >= 15 is 0 Å². The third-order valence-corrected chi connectivity index (χ3v) is 2.36. The Bertz CT molecular complexity index is 517. The molecule has 0 saturated carbocycles. The number of hydrogen-bond acceptors (Lipinski definition) is 4.